The van der Waals surface area contributed by atoms with E-state index < -0.39 is 42.4 Å². The van der Waals surface area contributed by atoms with Gasteiger partial charge in [0, 0.05) is 11.3 Å². The smallest absolute Gasteiger partial charge is 0.184 e. The van der Waals surface area contributed by atoms with Gasteiger partial charge in [0.05, 0.1) is 0 Å². The van der Waals surface area contributed by atoms with Gasteiger partial charge in [-0.2, -0.15) is 0 Å². The summed E-state index contributed by atoms with van der Waals surface area (Å²) in [6.45, 7) is 1.23. The van der Waals surface area contributed by atoms with Crippen LogP contribution in [0.15, 0.2) is 29.2 Å². The van der Waals surface area contributed by atoms with Gasteiger partial charge in [0.25, 0.3) is 0 Å². The lowest BCUT2D eigenvalue weighted by Gasteiger charge is -2.49. The van der Waals surface area contributed by atoms with E-state index in [4.69, 9.17) is 4.74 Å². The normalized spacial score (nSPS) is 37.1. The highest BCUT2D eigenvalue weighted by Gasteiger charge is 2.67. The van der Waals surface area contributed by atoms with Crippen molar-refractivity contribution in [2.75, 3.05) is 6.61 Å². The maximum absolute atomic E-state index is 15.7. The van der Waals surface area contributed by atoms with Gasteiger partial charge >= 0.3 is 0 Å². The lowest BCUT2D eigenvalue weighted by molar-refractivity contribution is -0.159. The number of rotatable bonds is 10. The Balaban J connectivity index is 1.55. The number of benzene rings is 1. The van der Waals surface area contributed by atoms with Crippen LogP contribution < -0.4 is 4.74 Å². The molecule has 2 aliphatic carbocycles. The zero-order chi connectivity index (χ0) is 24.1. The van der Waals surface area contributed by atoms with Crippen LogP contribution in [0.1, 0.15) is 71.1 Å². The largest absolute Gasteiger partial charge is 0.490 e. The molecule has 0 bridgehead atoms. The van der Waals surface area contributed by atoms with Gasteiger partial charge in [-0.05, 0) is 48.9 Å². The van der Waals surface area contributed by atoms with Crippen LogP contribution >= 0.6 is 12.6 Å². The molecule has 5 atom stereocenters. The quantitative estimate of drug-likeness (QED) is 0.197. The summed E-state index contributed by atoms with van der Waals surface area (Å²) in [7, 11) is 0. The van der Waals surface area contributed by atoms with E-state index in [2.05, 4.69) is 19.6 Å². The molecule has 3 rings (SSSR count). The summed E-state index contributed by atoms with van der Waals surface area (Å²) in [6.07, 6.45) is 0.925. The van der Waals surface area contributed by atoms with Gasteiger partial charge in [-0.1, -0.05) is 58.3 Å². The van der Waals surface area contributed by atoms with Gasteiger partial charge in [-0.25, -0.2) is 22.0 Å². The van der Waals surface area contributed by atoms with E-state index in [1.165, 1.54) is 31.4 Å². The van der Waals surface area contributed by atoms with Crippen LogP contribution in [-0.4, -0.2) is 36.5 Å². The highest BCUT2D eigenvalue weighted by atomic mass is 32.1. The van der Waals surface area contributed by atoms with Crippen LogP contribution in [0.2, 0.25) is 0 Å². The van der Waals surface area contributed by atoms with Crippen LogP contribution in [0.25, 0.3) is 0 Å². The summed E-state index contributed by atoms with van der Waals surface area (Å²) < 4.78 is 81.1. The zero-order valence-corrected chi connectivity index (χ0v) is 20.2. The van der Waals surface area contributed by atoms with E-state index in [-0.39, 0.29) is 5.75 Å². The Morgan fingerprint density at radius 1 is 0.909 bits per heavy atom. The van der Waals surface area contributed by atoms with Crippen molar-refractivity contribution in [1.82, 2.24) is 0 Å². The molecule has 1 aromatic carbocycles. The Labute approximate surface area is 200 Å². The van der Waals surface area contributed by atoms with Crippen molar-refractivity contribution in [1.29, 1.82) is 0 Å². The molecule has 2 fully saturated rings. The van der Waals surface area contributed by atoms with Crippen molar-refractivity contribution in [3.8, 4) is 5.75 Å². The maximum Gasteiger partial charge on any atom is 0.184 e. The highest BCUT2D eigenvalue weighted by molar-refractivity contribution is 7.80. The van der Waals surface area contributed by atoms with E-state index >= 15 is 13.2 Å². The van der Waals surface area contributed by atoms with E-state index in [1.807, 2.05) is 0 Å². The summed E-state index contributed by atoms with van der Waals surface area (Å²) in [5, 5.41) is 0. The minimum Gasteiger partial charge on any atom is -0.490 e. The molecular weight excluding hydrogens is 455 g/mol. The van der Waals surface area contributed by atoms with Crippen LogP contribution in [0, 0.1) is 18.3 Å². The topological polar surface area (TPSA) is 9.23 Å². The van der Waals surface area contributed by atoms with E-state index in [0.29, 0.717) is 42.9 Å². The second kappa shape index (κ2) is 11.6. The molecule has 0 aliphatic heterocycles. The number of hydrogen-bond acceptors (Lipinski definition) is 2. The summed E-state index contributed by atoms with van der Waals surface area (Å²) in [6, 6.07) is 6.16. The average molecular weight is 492 g/mol. The molecule has 2 saturated carbocycles. The zero-order valence-electron chi connectivity index (χ0n) is 19.3. The molecule has 187 valence electrons. The minimum atomic E-state index is -3.05. The first-order chi connectivity index (χ1) is 15.7. The average Bonchev–Trinajstić information content (AvgIpc) is 2.81. The standard InChI is InChI=1S/C26H36F5OS/c1-2-3-4-5-6-7-18-8-10-19(11-9-18)26(31)22(27)16-25(30,23(28)24(26)29)17-32-20-12-14-21(33)15-13-20/h12-16,18-19,22-24,33H,2-11,17H2,1H3/t18-,19-,22?,23?,24?,25?,26?. The van der Waals surface area contributed by atoms with Gasteiger partial charge in [-0.15, -0.1) is 12.6 Å². The Hall–Kier alpha value is -0.980. The van der Waals surface area contributed by atoms with Crippen molar-refractivity contribution in [3.63, 3.8) is 0 Å². The first kappa shape index (κ1) is 26.6. The molecule has 0 N–H and O–H groups in total. The van der Waals surface area contributed by atoms with E-state index in [9.17, 15) is 8.78 Å². The Morgan fingerprint density at radius 3 is 2.18 bits per heavy atom. The Bertz CT molecular complexity index is 726. The number of thiol groups is 1. The van der Waals surface area contributed by atoms with Crippen molar-refractivity contribution >= 4 is 12.6 Å². The molecule has 0 spiro atoms. The molecule has 0 aromatic heterocycles. The van der Waals surface area contributed by atoms with Gasteiger partial charge < -0.3 is 4.74 Å². The summed E-state index contributed by atoms with van der Waals surface area (Å²) in [5.41, 5.74) is -6.10. The Kier molecular flexibility index (Phi) is 9.39. The summed E-state index contributed by atoms with van der Waals surface area (Å²) >= 11 is 4.12. The minimum absolute atomic E-state index is 0.210. The SMILES string of the molecule is CCCCCCC[C@H]1CC[C@H](C2(F)C(F)[CH]C(F)(COc3ccc(S)cc3)C(F)C2F)CC1. The first-order valence-electron chi connectivity index (χ1n) is 12.3. The third-order valence-corrected chi connectivity index (χ3v) is 7.77. The van der Waals surface area contributed by atoms with Gasteiger partial charge in [-0.3, -0.25) is 0 Å². The van der Waals surface area contributed by atoms with Crippen molar-refractivity contribution in [2.45, 2.75) is 106 Å². The highest BCUT2D eigenvalue weighted by Crippen LogP contribution is 2.52. The third-order valence-electron chi connectivity index (χ3n) is 7.47. The van der Waals surface area contributed by atoms with Crippen LogP contribution in [0.5, 0.6) is 5.75 Å². The van der Waals surface area contributed by atoms with E-state index in [0.717, 1.165) is 19.3 Å². The fourth-order valence-corrected chi connectivity index (χ4v) is 5.48. The number of ether oxygens (including phenoxy) is 1. The molecule has 1 radical (unpaired) electrons. The molecule has 7 heteroatoms. The summed E-state index contributed by atoms with van der Waals surface area (Å²) in [5.74, 6) is -0.336. The second-order valence-electron chi connectivity index (χ2n) is 9.83. The van der Waals surface area contributed by atoms with Crippen molar-refractivity contribution < 1.29 is 26.7 Å². The number of unbranched alkanes of at least 4 members (excludes halogenated alkanes) is 4. The number of halogens is 5. The molecule has 33 heavy (non-hydrogen) atoms. The fraction of sp³-hybridized carbons (Fsp3) is 0.731. The van der Waals surface area contributed by atoms with Crippen LogP contribution in [0.4, 0.5) is 22.0 Å². The predicted molar refractivity (Wildman–Crippen MR) is 125 cm³/mol. The lowest BCUT2D eigenvalue weighted by Crippen LogP contribution is -2.66. The summed E-state index contributed by atoms with van der Waals surface area (Å²) in [4.78, 5) is 0.644. The molecule has 5 unspecified atom stereocenters. The molecule has 0 amide bonds. The molecule has 0 saturated heterocycles. The second-order valence-corrected chi connectivity index (χ2v) is 10.3. The van der Waals surface area contributed by atoms with Gasteiger partial charge in [0.15, 0.2) is 23.7 Å². The molecule has 2 aliphatic rings. The van der Waals surface area contributed by atoms with Crippen molar-refractivity contribution in [3.05, 3.63) is 30.7 Å². The lowest BCUT2D eigenvalue weighted by atomic mass is 9.64. The third kappa shape index (κ3) is 6.18. The van der Waals surface area contributed by atoms with Crippen LogP contribution in [-0.2, 0) is 0 Å². The number of alkyl halides is 5. The Morgan fingerprint density at radius 2 is 1.55 bits per heavy atom. The van der Waals surface area contributed by atoms with Crippen LogP contribution in [0.3, 0.4) is 0 Å². The first-order valence-corrected chi connectivity index (χ1v) is 12.7. The van der Waals surface area contributed by atoms with Gasteiger partial charge in [0.1, 0.15) is 18.5 Å². The number of hydrogen-bond donors (Lipinski definition) is 1. The molecule has 0 heterocycles. The molecule has 1 nitrogen and oxygen atoms in total. The van der Waals surface area contributed by atoms with E-state index in [1.54, 1.807) is 12.1 Å². The molecular formula is C26H36F5OS. The predicted octanol–water partition coefficient (Wildman–Crippen LogP) is 8.17. The monoisotopic (exact) mass is 491 g/mol. The molecule has 1 aromatic rings. The van der Waals surface area contributed by atoms with Gasteiger partial charge in [0.2, 0.25) is 0 Å². The maximum atomic E-state index is 15.7. The van der Waals surface area contributed by atoms with Crippen molar-refractivity contribution in [2.24, 2.45) is 11.8 Å². The fourth-order valence-electron chi connectivity index (χ4n) is 5.33.